The first-order valence-electron chi connectivity index (χ1n) is 15.4. The maximum Gasteiger partial charge on any atom is 0.319 e. The second-order valence-electron chi connectivity index (χ2n) is 12.4. The van der Waals surface area contributed by atoms with Gasteiger partial charge in [0.05, 0.1) is 6.16 Å². The summed E-state index contributed by atoms with van der Waals surface area (Å²) in [7, 11) is -4.69. The van der Waals surface area contributed by atoms with Gasteiger partial charge in [0.1, 0.15) is 28.9 Å². The van der Waals surface area contributed by atoms with Gasteiger partial charge in [-0.15, -0.1) is 0 Å². The molecule has 0 N–H and O–H groups in total. The van der Waals surface area contributed by atoms with E-state index in [9.17, 15) is 0 Å². The smallest absolute Gasteiger partial charge is 0.319 e. The molecule has 0 unspecified atom stereocenters. The van der Waals surface area contributed by atoms with E-state index in [-0.39, 0.29) is 22.0 Å². The maximum absolute atomic E-state index is 7.33. The second kappa shape index (κ2) is 14.1. The minimum atomic E-state index is -2.71. The molecule has 0 radical (unpaired) electrons. The molecule has 0 spiro atoms. The van der Waals surface area contributed by atoms with E-state index >= 15 is 0 Å². The lowest BCUT2D eigenvalue weighted by Gasteiger charge is -2.43. The van der Waals surface area contributed by atoms with Crippen LogP contribution in [-0.2, 0) is 6.16 Å². The van der Waals surface area contributed by atoms with Gasteiger partial charge in [-0.25, -0.2) is 0 Å². The highest BCUT2D eigenvalue weighted by molar-refractivity contribution is 7.95. The van der Waals surface area contributed by atoms with Gasteiger partial charge in [0, 0.05) is 0 Å². The molecule has 226 valence electrons. The normalized spacial score (nSPS) is 11.8. The van der Waals surface area contributed by atoms with Crippen molar-refractivity contribution in [1.29, 1.82) is 0 Å². The summed E-state index contributed by atoms with van der Waals surface area (Å²) in [5.41, 5.74) is 1.31. The Morgan fingerprint density at radius 3 is 1.13 bits per heavy atom. The van der Waals surface area contributed by atoms with Crippen molar-refractivity contribution in [3.05, 3.63) is 181 Å². The first-order valence-corrected chi connectivity index (χ1v) is 19.3. The molecule has 0 fully saturated rings. The molecule has 0 amide bonds. The van der Waals surface area contributed by atoms with Crippen LogP contribution >= 0.6 is 7.26 Å². The molecule has 0 aromatic heterocycles. The van der Waals surface area contributed by atoms with E-state index in [2.05, 4.69) is 197 Å². The molecular weight excluding hydrogens is 647 g/mol. The van der Waals surface area contributed by atoms with Crippen molar-refractivity contribution in [3.63, 3.8) is 0 Å². The van der Waals surface area contributed by atoms with Crippen LogP contribution in [-0.4, -0.2) is 8.32 Å². The van der Waals surface area contributed by atoms with Gasteiger partial charge in [0.15, 0.2) is 0 Å². The van der Waals surface area contributed by atoms with Crippen molar-refractivity contribution >= 4 is 41.9 Å². The third-order valence-electron chi connectivity index (χ3n) is 8.62. The van der Waals surface area contributed by atoms with Gasteiger partial charge >= 0.3 is 8.32 Å². The average Bonchev–Trinajstić information content (AvgIpc) is 3.08. The Morgan fingerprint density at radius 2 is 0.800 bits per heavy atom. The zero-order valence-electron chi connectivity index (χ0n) is 26.2. The second-order valence-corrected chi connectivity index (χ2v) is 20.1. The zero-order valence-corrected chi connectivity index (χ0v) is 29.7. The molecular formula is C41H40BrOPSi. The van der Waals surface area contributed by atoms with Crippen molar-refractivity contribution in [1.82, 2.24) is 0 Å². The highest BCUT2D eigenvalue weighted by atomic mass is 79.9. The van der Waals surface area contributed by atoms with Crippen molar-refractivity contribution < 1.29 is 21.4 Å². The quantitative estimate of drug-likeness (QED) is 0.152. The lowest BCUT2D eigenvalue weighted by Crippen LogP contribution is -3.00. The van der Waals surface area contributed by atoms with E-state index in [4.69, 9.17) is 4.43 Å². The topological polar surface area (TPSA) is 9.23 Å². The van der Waals surface area contributed by atoms with E-state index in [1.165, 1.54) is 31.9 Å². The van der Waals surface area contributed by atoms with Gasteiger partial charge in [-0.1, -0.05) is 148 Å². The van der Waals surface area contributed by atoms with Gasteiger partial charge < -0.3 is 21.4 Å². The molecule has 6 aromatic rings. The first kappa shape index (κ1) is 32.6. The van der Waals surface area contributed by atoms with Crippen molar-refractivity contribution in [2.45, 2.75) is 32.0 Å². The molecule has 0 saturated carbocycles. The highest BCUT2D eigenvalue weighted by Crippen LogP contribution is 2.58. The van der Waals surface area contributed by atoms with Crippen molar-refractivity contribution in [2.24, 2.45) is 0 Å². The van der Waals surface area contributed by atoms with Crippen LogP contribution in [0.3, 0.4) is 0 Å². The summed E-state index contributed by atoms with van der Waals surface area (Å²) in [5.74, 6) is 0.922. The van der Waals surface area contributed by atoms with Gasteiger partial charge in [-0.3, -0.25) is 0 Å². The van der Waals surface area contributed by atoms with Crippen LogP contribution in [0, 0.1) is 0 Å². The fourth-order valence-corrected chi connectivity index (χ4v) is 15.2. The van der Waals surface area contributed by atoms with Gasteiger partial charge in [0.2, 0.25) is 0 Å². The molecule has 6 aromatic carbocycles. The number of hydrogen-bond acceptors (Lipinski definition) is 1. The van der Waals surface area contributed by atoms with Crippen LogP contribution in [0.1, 0.15) is 26.3 Å². The molecule has 0 bridgehead atoms. The monoisotopic (exact) mass is 686 g/mol. The van der Waals surface area contributed by atoms with E-state index in [1.807, 2.05) is 0 Å². The molecule has 1 nitrogen and oxygen atoms in total. The summed E-state index contributed by atoms with van der Waals surface area (Å²) in [4.78, 5) is 0. The largest absolute Gasteiger partial charge is 1.00 e. The third kappa shape index (κ3) is 6.49. The van der Waals surface area contributed by atoms with Crippen LogP contribution in [0.4, 0.5) is 0 Å². The summed E-state index contributed by atoms with van der Waals surface area (Å²) >= 11 is 0. The molecule has 0 aliphatic heterocycles. The van der Waals surface area contributed by atoms with Crippen LogP contribution < -0.4 is 47.7 Å². The summed E-state index contributed by atoms with van der Waals surface area (Å²) < 4.78 is 7.33. The highest BCUT2D eigenvalue weighted by Gasteiger charge is 2.52. The third-order valence-corrected chi connectivity index (χ3v) is 17.9. The van der Waals surface area contributed by atoms with Gasteiger partial charge in [-0.05, 0) is 69.5 Å². The lowest BCUT2D eigenvalue weighted by molar-refractivity contribution is -0.00000931. The molecule has 45 heavy (non-hydrogen) atoms. The van der Waals surface area contributed by atoms with Crippen LogP contribution in [0.5, 0.6) is 5.75 Å². The molecule has 6 rings (SSSR count). The zero-order chi connectivity index (χ0) is 30.5. The van der Waals surface area contributed by atoms with Gasteiger partial charge in [-0.2, -0.15) is 0 Å². The summed E-state index contributed by atoms with van der Waals surface area (Å²) in [5, 5.41) is 6.65. The molecule has 0 saturated heterocycles. The summed E-state index contributed by atoms with van der Waals surface area (Å²) in [6, 6.07) is 64.0. The number of hydrogen-bond donors (Lipinski definition) is 0. The van der Waals surface area contributed by atoms with Crippen LogP contribution in [0.15, 0.2) is 176 Å². The van der Waals surface area contributed by atoms with Crippen LogP contribution in [0.2, 0.25) is 5.04 Å². The SMILES string of the molecule is CC(C)(C)[Si](Oc1ccc(C[P+](c2ccccc2)(c2ccccc2)c2ccccc2)cc1)(c1ccccc1)c1ccccc1.[Br-]. The number of halogens is 1. The fourth-order valence-electron chi connectivity index (χ4n) is 6.53. The molecule has 4 heteroatoms. The molecule has 0 atom stereocenters. The van der Waals surface area contributed by atoms with E-state index in [0.29, 0.717) is 0 Å². The minimum absolute atomic E-state index is 0. The van der Waals surface area contributed by atoms with E-state index < -0.39 is 15.6 Å². The number of benzene rings is 6. The maximum atomic E-state index is 7.33. The first-order chi connectivity index (χ1) is 21.4. The Morgan fingerprint density at radius 1 is 0.467 bits per heavy atom. The molecule has 0 aliphatic carbocycles. The molecule has 0 heterocycles. The van der Waals surface area contributed by atoms with Crippen LogP contribution in [0.25, 0.3) is 0 Å². The average molecular weight is 688 g/mol. The Kier molecular flexibility index (Phi) is 10.2. The number of rotatable bonds is 9. The predicted molar refractivity (Wildman–Crippen MR) is 194 cm³/mol. The predicted octanol–water partition coefficient (Wildman–Crippen LogP) is 5.12. The summed E-state index contributed by atoms with van der Waals surface area (Å²) in [6.45, 7) is 6.98. The Hall–Kier alpha value is -3.75. The Bertz CT molecular complexity index is 1620. The van der Waals surface area contributed by atoms with Crippen molar-refractivity contribution in [2.75, 3.05) is 0 Å². The standard InChI is InChI=1S/C41H40OPSi.BrH/c1-41(2,3)44(39-25-15-7-16-26-39,40-27-17-8-18-28-40)42-35-31-29-34(30-32-35)33-43(36-19-9-4-10-20-36,37-21-11-5-12-22-37)38-23-13-6-14-24-38;/h4-32H,33H2,1-3H3;1H/q+1;/p-1. The fraction of sp³-hybridized carbons (Fsp3) is 0.122. The van der Waals surface area contributed by atoms with Gasteiger partial charge in [0.25, 0.3) is 0 Å². The minimum Gasteiger partial charge on any atom is -1.00 e. The molecule has 0 aliphatic rings. The lowest BCUT2D eigenvalue weighted by atomic mass is 10.2. The van der Waals surface area contributed by atoms with E-state index in [0.717, 1.165) is 11.9 Å². The van der Waals surface area contributed by atoms with Crippen molar-refractivity contribution in [3.8, 4) is 5.75 Å². The Labute approximate surface area is 281 Å². The van der Waals surface area contributed by atoms with E-state index in [1.54, 1.807) is 0 Å². The summed E-state index contributed by atoms with van der Waals surface area (Å²) in [6.07, 6.45) is 0.935. The Balaban J connectivity index is 0.00000400.